The van der Waals surface area contributed by atoms with Crippen LogP contribution in [0.1, 0.15) is 17.0 Å². The first-order valence-corrected chi connectivity index (χ1v) is 9.97. The van der Waals surface area contributed by atoms with Crippen LogP contribution in [0.15, 0.2) is 66.1 Å². The van der Waals surface area contributed by atoms with Crippen molar-refractivity contribution in [2.45, 2.75) is 12.0 Å². The summed E-state index contributed by atoms with van der Waals surface area (Å²) in [5.41, 5.74) is -0.779. The summed E-state index contributed by atoms with van der Waals surface area (Å²) >= 11 is 1.14. The van der Waals surface area contributed by atoms with Gasteiger partial charge in [0.1, 0.15) is 5.01 Å². The molecule has 156 valence electrons. The number of carboxylic acids is 1. The van der Waals surface area contributed by atoms with E-state index in [1.807, 2.05) is 0 Å². The van der Waals surface area contributed by atoms with E-state index in [2.05, 4.69) is 4.98 Å². The van der Waals surface area contributed by atoms with Gasteiger partial charge < -0.3 is 5.11 Å². The van der Waals surface area contributed by atoms with Crippen LogP contribution in [-0.4, -0.2) is 26.5 Å². The van der Waals surface area contributed by atoms with E-state index in [4.69, 9.17) is 0 Å². The first kappa shape index (κ1) is 20.5. The molecule has 0 aliphatic heterocycles. The molecular weight excluding hydrogens is 426 g/mol. The zero-order valence-electron chi connectivity index (χ0n) is 15.8. The molecule has 9 heteroatoms. The summed E-state index contributed by atoms with van der Waals surface area (Å²) < 4.78 is 26.7. The first-order valence-electron chi connectivity index (χ1n) is 9.09. The van der Waals surface area contributed by atoms with E-state index in [0.717, 1.165) is 23.5 Å². The summed E-state index contributed by atoms with van der Waals surface area (Å²) in [7, 11) is 0. The van der Waals surface area contributed by atoms with Crippen molar-refractivity contribution in [1.82, 2.24) is 4.98 Å². The number of hydrogen-bond acceptors (Lipinski definition) is 5. The van der Waals surface area contributed by atoms with Crippen molar-refractivity contribution in [3.8, 4) is 11.3 Å². The average Bonchev–Trinajstić information content (AvgIpc) is 3.26. The van der Waals surface area contributed by atoms with Crippen molar-refractivity contribution in [2.75, 3.05) is 0 Å². The lowest BCUT2D eigenvalue weighted by Gasteiger charge is -2.27. The zero-order chi connectivity index (χ0) is 22.2. The second-order valence-corrected chi connectivity index (χ2v) is 7.76. The van der Waals surface area contributed by atoms with Crippen LogP contribution in [0.25, 0.3) is 22.4 Å². The quantitative estimate of drug-likeness (QED) is 0.442. The highest BCUT2D eigenvalue weighted by Crippen LogP contribution is 2.43. The number of carbonyl (C=O) groups is 1. The number of aliphatic carboxylic acids is 1. The van der Waals surface area contributed by atoms with Gasteiger partial charge in [-0.05, 0) is 29.3 Å². The van der Waals surface area contributed by atoms with Gasteiger partial charge in [0.2, 0.25) is 0 Å². The Balaban J connectivity index is 1.78. The average molecular weight is 440 g/mol. The molecule has 2 aromatic carbocycles. The molecule has 3 aromatic rings. The molecule has 1 aliphatic carbocycles. The fourth-order valence-electron chi connectivity index (χ4n) is 3.49. The number of aromatic nitrogens is 1. The maximum absolute atomic E-state index is 13.6. The van der Waals surface area contributed by atoms with Crippen molar-refractivity contribution in [2.24, 2.45) is 0 Å². The van der Waals surface area contributed by atoms with E-state index in [1.165, 1.54) is 12.1 Å². The molecule has 1 N–H and O–H groups in total. The standard InChI is InChI=1S/C22H14F2N2O4S/c23-17-9-7-14(10-18(17)24)19-12-31-20(25-19)15-6-8-16(13-4-2-1-3-5-13)22(11-15,21(27)28)26(29)30/h1-10,12H,11H2,(H,27,28). The third-order valence-electron chi connectivity index (χ3n) is 5.09. The molecule has 0 saturated heterocycles. The predicted octanol–water partition coefficient (Wildman–Crippen LogP) is 5.06. The van der Waals surface area contributed by atoms with Gasteiger partial charge >= 0.3 is 11.5 Å². The maximum Gasteiger partial charge on any atom is 0.387 e. The van der Waals surface area contributed by atoms with E-state index in [0.29, 0.717) is 27.4 Å². The van der Waals surface area contributed by atoms with Gasteiger partial charge in [-0.15, -0.1) is 11.3 Å². The molecular formula is C22H14F2N2O4S. The Morgan fingerprint density at radius 3 is 2.48 bits per heavy atom. The highest BCUT2D eigenvalue weighted by Gasteiger charge is 2.57. The zero-order valence-corrected chi connectivity index (χ0v) is 16.6. The Hall–Kier alpha value is -3.72. The Labute approximate surface area is 179 Å². The van der Waals surface area contributed by atoms with Crippen LogP contribution in [0.3, 0.4) is 0 Å². The number of nitro groups is 1. The van der Waals surface area contributed by atoms with Gasteiger partial charge in [0, 0.05) is 21.4 Å². The van der Waals surface area contributed by atoms with Crippen molar-refractivity contribution >= 4 is 28.5 Å². The maximum atomic E-state index is 13.6. The van der Waals surface area contributed by atoms with E-state index in [1.54, 1.807) is 41.8 Å². The van der Waals surface area contributed by atoms with Crippen molar-refractivity contribution in [1.29, 1.82) is 0 Å². The monoisotopic (exact) mass is 440 g/mol. The van der Waals surface area contributed by atoms with E-state index < -0.39 is 34.5 Å². The normalized spacial score (nSPS) is 18.3. The predicted molar refractivity (Wildman–Crippen MR) is 112 cm³/mol. The molecule has 1 aromatic heterocycles. The number of halogens is 2. The third kappa shape index (κ3) is 3.53. The van der Waals surface area contributed by atoms with Gasteiger partial charge in [-0.25, -0.2) is 18.6 Å². The molecule has 31 heavy (non-hydrogen) atoms. The van der Waals surface area contributed by atoms with Gasteiger partial charge in [0.25, 0.3) is 0 Å². The van der Waals surface area contributed by atoms with Crippen LogP contribution >= 0.6 is 11.3 Å². The molecule has 1 unspecified atom stereocenters. The smallest absolute Gasteiger partial charge is 0.387 e. The summed E-state index contributed by atoms with van der Waals surface area (Å²) in [5, 5.41) is 23.9. The minimum atomic E-state index is -2.38. The minimum Gasteiger partial charge on any atom is -0.476 e. The van der Waals surface area contributed by atoms with Crippen molar-refractivity contribution < 1.29 is 23.6 Å². The second kappa shape index (κ2) is 7.84. The van der Waals surface area contributed by atoms with E-state index in [9.17, 15) is 28.8 Å². The number of hydrogen-bond donors (Lipinski definition) is 1. The molecule has 1 atom stereocenters. The summed E-state index contributed by atoms with van der Waals surface area (Å²) in [4.78, 5) is 27.8. The number of benzene rings is 2. The molecule has 0 bridgehead atoms. The number of thiazole rings is 1. The lowest BCUT2D eigenvalue weighted by atomic mass is 9.77. The molecule has 1 heterocycles. The van der Waals surface area contributed by atoms with Gasteiger partial charge in [0.15, 0.2) is 11.6 Å². The first-order chi connectivity index (χ1) is 14.8. The van der Waals surface area contributed by atoms with Crippen LogP contribution < -0.4 is 0 Å². The molecule has 1 aliphatic rings. The van der Waals surface area contributed by atoms with Crippen molar-refractivity contribution in [3.63, 3.8) is 0 Å². The lowest BCUT2D eigenvalue weighted by molar-refractivity contribution is -0.535. The molecule has 0 saturated carbocycles. The molecule has 6 nitrogen and oxygen atoms in total. The van der Waals surface area contributed by atoms with Gasteiger partial charge in [-0.2, -0.15) is 0 Å². The highest BCUT2D eigenvalue weighted by atomic mass is 32.1. The highest BCUT2D eigenvalue weighted by molar-refractivity contribution is 7.11. The largest absolute Gasteiger partial charge is 0.476 e. The number of allylic oxidation sites excluding steroid dienone is 2. The van der Waals surface area contributed by atoms with Gasteiger partial charge in [-0.3, -0.25) is 10.1 Å². The molecule has 0 spiro atoms. The molecule has 0 amide bonds. The lowest BCUT2D eigenvalue weighted by Crippen LogP contribution is -2.48. The Morgan fingerprint density at radius 2 is 1.84 bits per heavy atom. The van der Waals surface area contributed by atoms with Crippen molar-refractivity contribution in [3.05, 3.63) is 98.4 Å². The van der Waals surface area contributed by atoms with Gasteiger partial charge in [-0.1, -0.05) is 42.5 Å². The Kier molecular flexibility index (Phi) is 5.20. The van der Waals surface area contributed by atoms with Crippen LogP contribution in [-0.2, 0) is 4.79 Å². The van der Waals surface area contributed by atoms with Crippen LogP contribution in [0.2, 0.25) is 0 Å². The Morgan fingerprint density at radius 1 is 1.10 bits per heavy atom. The Bertz CT molecular complexity index is 1240. The van der Waals surface area contributed by atoms with Crippen LogP contribution in [0.5, 0.6) is 0 Å². The number of rotatable bonds is 5. The summed E-state index contributed by atoms with van der Waals surface area (Å²) in [6.45, 7) is 0. The third-order valence-corrected chi connectivity index (χ3v) is 6.01. The van der Waals surface area contributed by atoms with Crippen LogP contribution in [0, 0.1) is 21.7 Å². The van der Waals surface area contributed by atoms with Crippen LogP contribution in [0.4, 0.5) is 8.78 Å². The number of nitrogens with zero attached hydrogens (tertiary/aromatic N) is 2. The van der Waals surface area contributed by atoms with Gasteiger partial charge in [0.05, 0.1) is 12.1 Å². The fourth-order valence-corrected chi connectivity index (χ4v) is 4.35. The number of carboxylic acid groups (broad SMARTS) is 1. The second-order valence-electron chi connectivity index (χ2n) is 6.90. The van der Waals surface area contributed by atoms with E-state index in [-0.39, 0.29) is 5.57 Å². The summed E-state index contributed by atoms with van der Waals surface area (Å²) in [5.74, 6) is -3.57. The SMILES string of the molecule is O=C(O)C1([N+](=O)[O-])CC(c2nc(-c3ccc(F)c(F)c3)cs2)=CC=C1c1ccccc1. The minimum absolute atomic E-state index is 0.0757. The molecule has 0 radical (unpaired) electrons. The summed E-state index contributed by atoms with van der Waals surface area (Å²) in [6.07, 6.45) is 2.64. The van der Waals surface area contributed by atoms with E-state index >= 15 is 0 Å². The molecule has 0 fully saturated rings. The summed E-state index contributed by atoms with van der Waals surface area (Å²) in [6, 6.07) is 11.7. The molecule has 4 rings (SSSR count). The topological polar surface area (TPSA) is 93.3 Å². The fraction of sp³-hybridized carbons (Fsp3) is 0.0909.